The number of nitriles is 1. The van der Waals surface area contributed by atoms with Crippen molar-refractivity contribution >= 4 is 5.97 Å². The Kier molecular flexibility index (Phi) is 4.76. The summed E-state index contributed by atoms with van der Waals surface area (Å²) in [5.41, 5.74) is -0.105. The summed E-state index contributed by atoms with van der Waals surface area (Å²) in [5, 5.41) is 24.2. The van der Waals surface area contributed by atoms with Gasteiger partial charge in [-0.05, 0) is 30.2 Å². The van der Waals surface area contributed by atoms with Crippen LogP contribution in [0.4, 0.5) is 0 Å². The number of carboxylic acid groups (broad SMARTS) is 1. The molecular weight excluding hydrogens is 298 g/mol. The highest BCUT2D eigenvalue weighted by Crippen LogP contribution is 2.25. The minimum Gasteiger partial charge on any atom is -0.492 e. The van der Waals surface area contributed by atoms with Crippen LogP contribution in [0.3, 0.4) is 0 Å². The van der Waals surface area contributed by atoms with Crippen molar-refractivity contribution in [2.75, 3.05) is 6.61 Å². The number of hydrogen-bond donors (Lipinski definition) is 2. The first kappa shape index (κ1) is 16.2. The van der Waals surface area contributed by atoms with Crippen molar-refractivity contribution in [3.8, 4) is 23.1 Å². The summed E-state index contributed by atoms with van der Waals surface area (Å²) in [6.45, 7) is 4.48. The SMILES string of the molecule is CC(C)COc1ccc(-c2cc(C(=O)O)c(=O)[nH]n2)cc1C#N. The van der Waals surface area contributed by atoms with Crippen molar-refractivity contribution in [2.45, 2.75) is 13.8 Å². The fourth-order valence-electron chi connectivity index (χ4n) is 1.87. The smallest absolute Gasteiger partial charge is 0.341 e. The fraction of sp³-hybridized carbons (Fsp3) is 0.250. The fourth-order valence-corrected chi connectivity index (χ4v) is 1.87. The highest BCUT2D eigenvalue weighted by molar-refractivity contribution is 5.88. The summed E-state index contributed by atoms with van der Waals surface area (Å²) in [6.07, 6.45) is 0. The van der Waals surface area contributed by atoms with Crippen molar-refractivity contribution in [1.82, 2.24) is 10.2 Å². The minimum atomic E-state index is -1.34. The predicted octanol–water partition coefficient (Wildman–Crippen LogP) is 2.04. The van der Waals surface area contributed by atoms with Gasteiger partial charge in [0.1, 0.15) is 17.4 Å². The molecule has 2 aromatic rings. The number of carboxylic acids is 1. The van der Waals surface area contributed by atoms with Crippen LogP contribution < -0.4 is 10.3 Å². The Morgan fingerprint density at radius 3 is 2.78 bits per heavy atom. The highest BCUT2D eigenvalue weighted by atomic mass is 16.5. The standard InChI is InChI=1S/C16H15N3O4/c1-9(2)8-23-14-4-3-10(5-11(14)7-17)13-6-12(16(21)22)15(20)19-18-13/h3-6,9H,8H2,1-2H3,(H,19,20)(H,21,22). The molecule has 0 bridgehead atoms. The van der Waals surface area contributed by atoms with Crippen molar-refractivity contribution in [1.29, 1.82) is 5.26 Å². The number of rotatable bonds is 5. The van der Waals surface area contributed by atoms with Crippen molar-refractivity contribution in [2.24, 2.45) is 5.92 Å². The van der Waals surface area contributed by atoms with Crippen LogP contribution in [0.1, 0.15) is 29.8 Å². The molecular formula is C16H15N3O4. The second-order valence-corrected chi connectivity index (χ2v) is 5.33. The number of nitrogens with one attached hydrogen (secondary N) is 1. The van der Waals surface area contributed by atoms with Crippen LogP contribution in [0.25, 0.3) is 11.3 Å². The number of aromatic carboxylic acids is 1. The van der Waals surface area contributed by atoms with E-state index in [1.165, 1.54) is 6.07 Å². The number of hydrogen-bond acceptors (Lipinski definition) is 5. The van der Waals surface area contributed by atoms with Gasteiger partial charge >= 0.3 is 5.97 Å². The van der Waals surface area contributed by atoms with Crippen LogP contribution in [0.5, 0.6) is 5.75 Å². The molecule has 7 heteroatoms. The first-order valence-electron chi connectivity index (χ1n) is 6.92. The molecule has 0 amide bonds. The van der Waals surface area contributed by atoms with E-state index in [-0.39, 0.29) is 5.69 Å². The average Bonchev–Trinajstić information content (AvgIpc) is 2.52. The second kappa shape index (κ2) is 6.75. The maximum absolute atomic E-state index is 11.4. The molecule has 0 radical (unpaired) electrons. The van der Waals surface area contributed by atoms with Gasteiger partial charge in [0.15, 0.2) is 0 Å². The molecule has 0 saturated carbocycles. The van der Waals surface area contributed by atoms with Crippen molar-refractivity contribution in [3.05, 3.63) is 45.7 Å². The number of carbonyl (C=O) groups is 1. The van der Waals surface area contributed by atoms with Crippen LogP contribution >= 0.6 is 0 Å². The molecule has 0 fully saturated rings. The van der Waals surface area contributed by atoms with E-state index in [4.69, 9.17) is 9.84 Å². The lowest BCUT2D eigenvalue weighted by Crippen LogP contribution is -2.18. The van der Waals surface area contributed by atoms with Gasteiger partial charge < -0.3 is 9.84 Å². The van der Waals surface area contributed by atoms with Crippen molar-refractivity contribution in [3.63, 3.8) is 0 Å². The van der Waals surface area contributed by atoms with Gasteiger partial charge in [-0.25, -0.2) is 9.89 Å². The van der Waals surface area contributed by atoms with Gasteiger partial charge in [-0.2, -0.15) is 10.4 Å². The molecule has 0 unspecified atom stereocenters. The van der Waals surface area contributed by atoms with E-state index in [9.17, 15) is 14.9 Å². The Balaban J connectivity index is 2.42. The normalized spacial score (nSPS) is 10.3. The van der Waals surface area contributed by atoms with Crippen LogP contribution in [0.15, 0.2) is 29.1 Å². The van der Waals surface area contributed by atoms with E-state index in [1.807, 2.05) is 19.9 Å². The zero-order valence-electron chi connectivity index (χ0n) is 12.7. The summed E-state index contributed by atoms with van der Waals surface area (Å²) < 4.78 is 5.57. The van der Waals surface area contributed by atoms with Gasteiger partial charge in [-0.3, -0.25) is 4.79 Å². The van der Waals surface area contributed by atoms with Crippen LogP contribution in [0, 0.1) is 17.2 Å². The van der Waals surface area contributed by atoms with Gasteiger partial charge in [0, 0.05) is 5.56 Å². The Labute approximate surface area is 132 Å². The van der Waals surface area contributed by atoms with E-state index in [1.54, 1.807) is 18.2 Å². The first-order valence-corrected chi connectivity index (χ1v) is 6.92. The van der Waals surface area contributed by atoms with Gasteiger partial charge in [-0.1, -0.05) is 13.8 Å². The molecule has 118 valence electrons. The second-order valence-electron chi connectivity index (χ2n) is 5.33. The molecule has 0 atom stereocenters. The maximum atomic E-state index is 11.4. The van der Waals surface area contributed by atoms with Gasteiger partial charge in [0.2, 0.25) is 0 Å². The van der Waals surface area contributed by atoms with E-state index >= 15 is 0 Å². The lowest BCUT2D eigenvalue weighted by molar-refractivity contribution is 0.0694. The van der Waals surface area contributed by atoms with E-state index < -0.39 is 17.1 Å². The quantitative estimate of drug-likeness (QED) is 0.872. The molecule has 0 spiro atoms. The molecule has 23 heavy (non-hydrogen) atoms. The Morgan fingerprint density at radius 1 is 1.43 bits per heavy atom. The molecule has 7 nitrogen and oxygen atoms in total. The summed E-state index contributed by atoms with van der Waals surface area (Å²) >= 11 is 0. The molecule has 0 aliphatic rings. The monoisotopic (exact) mass is 313 g/mol. The summed E-state index contributed by atoms with van der Waals surface area (Å²) in [5.74, 6) is -0.569. The van der Waals surface area contributed by atoms with Crippen LogP contribution in [0.2, 0.25) is 0 Å². The first-order chi connectivity index (χ1) is 10.9. The minimum absolute atomic E-state index is 0.258. The molecule has 2 rings (SSSR count). The lowest BCUT2D eigenvalue weighted by atomic mass is 10.1. The predicted molar refractivity (Wildman–Crippen MR) is 82.3 cm³/mol. The molecule has 1 aromatic carbocycles. The average molecular weight is 313 g/mol. The number of nitrogens with zero attached hydrogens (tertiary/aromatic N) is 2. The largest absolute Gasteiger partial charge is 0.492 e. The third-order valence-corrected chi connectivity index (χ3v) is 3.00. The van der Waals surface area contributed by atoms with E-state index in [2.05, 4.69) is 10.2 Å². The highest BCUT2D eigenvalue weighted by Gasteiger charge is 2.13. The van der Waals surface area contributed by atoms with E-state index in [0.717, 1.165) is 0 Å². The van der Waals surface area contributed by atoms with E-state index in [0.29, 0.717) is 29.4 Å². The number of aromatic nitrogens is 2. The molecule has 1 heterocycles. The molecule has 0 aliphatic heterocycles. The number of aromatic amines is 1. The Hall–Kier alpha value is -3.14. The molecule has 0 aliphatic carbocycles. The summed E-state index contributed by atoms with van der Waals surface area (Å²) in [7, 11) is 0. The van der Waals surface area contributed by atoms with Gasteiger partial charge in [-0.15, -0.1) is 0 Å². The number of H-pyrrole nitrogens is 1. The Morgan fingerprint density at radius 2 is 2.17 bits per heavy atom. The number of benzene rings is 1. The third kappa shape index (κ3) is 3.74. The zero-order valence-corrected chi connectivity index (χ0v) is 12.7. The molecule has 2 N–H and O–H groups in total. The van der Waals surface area contributed by atoms with Crippen LogP contribution in [-0.2, 0) is 0 Å². The van der Waals surface area contributed by atoms with Gasteiger partial charge in [0.25, 0.3) is 5.56 Å². The maximum Gasteiger partial charge on any atom is 0.341 e. The summed E-state index contributed by atoms with van der Waals surface area (Å²) in [6, 6.07) is 8.04. The lowest BCUT2D eigenvalue weighted by Gasteiger charge is -2.11. The molecule has 0 saturated heterocycles. The van der Waals surface area contributed by atoms with Gasteiger partial charge in [0.05, 0.1) is 17.9 Å². The van der Waals surface area contributed by atoms with Crippen molar-refractivity contribution < 1.29 is 14.6 Å². The Bertz CT molecular complexity index is 834. The number of ether oxygens (including phenoxy) is 1. The zero-order chi connectivity index (χ0) is 17.0. The van der Waals surface area contributed by atoms with Crippen LogP contribution in [-0.4, -0.2) is 27.9 Å². The third-order valence-electron chi connectivity index (χ3n) is 3.00. The molecule has 1 aromatic heterocycles. The topological polar surface area (TPSA) is 116 Å². The summed E-state index contributed by atoms with van der Waals surface area (Å²) in [4.78, 5) is 22.4.